The fourth-order valence-corrected chi connectivity index (χ4v) is 3.34. The summed E-state index contributed by atoms with van der Waals surface area (Å²) < 4.78 is 11.7. The molecule has 0 fully saturated rings. The highest BCUT2D eigenvalue weighted by Gasteiger charge is 2.40. The van der Waals surface area contributed by atoms with Gasteiger partial charge in [-0.3, -0.25) is 4.79 Å². The van der Waals surface area contributed by atoms with E-state index in [9.17, 15) is 10.1 Å². The summed E-state index contributed by atoms with van der Waals surface area (Å²) in [5, 5.41) is 12.4. The number of hydrogen-bond donors (Lipinski definition) is 1. The molecule has 0 bridgehead atoms. The number of nitrogens with zero attached hydrogens (tertiary/aromatic N) is 1. The number of anilines is 1. The lowest BCUT2D eigenvalue weighted by Crippen LogP contribution is -2.47. The van der Waals surface area contributed by atoms with Crippen LogP contribution in [0.25, 0.3) is 0 Å². The zero-order valence-electron chi connectivity index (χ0n) is 17.8. The fraction of sp³-hybridized carbons (Fsp3) is 0.636. The molecule has 1 rings (SSSR count). The number of rotatable bonds is 10. The summed E-state index contributed by atoms with van der Waals surface area (Å²) in [5.74, 6) is 0.995. The maximum Gasteiger partial charge on any atom is 0.256 e. The molecule has 0 aromatic heterocycles. The Bertz CT molecular complexity index is 650. The highest BCUT2D eigenvalue weighted by molar-refractivity contribution is 5.97. The third-order valence-electron chi connectivity index (χ3n) is 4.03. The van der Waals surface area contributed by atoms with Gasteiger partial charge in [0.25, 0.3) is 5.91 Å². The Morgan fingerprint density at radius 1 is 1.15 bits per heavy atom. The second-order valence-corrected chi connectivity index (χ2v) is 8.07. The molecule has 0 atom stereocenters. The van der Waals surface area contributed by atoms with Crippen molar-refractivity contribution in [2.75, 3.05) is 11.9 Å². The number of carbonyl (C=O) groups is 1. The van der Waals surface area contributed by atoms with Crippen molar-refractivity contribution in [2.24, 2.45) is 11.8 Å². The van der Waals surface area contributed by atoms with Gasteiger partial charge in [-0.25, -0.2) is 0 Å². The average Bonchev–Trinajstić information content (AvgIpc) is 2.54. The van der Waals surface area contributed by atoms with Crippen LogP contribution in [0.5, 0.6) is 5.75 Å². The van der Waals surface area contributed by atoms with E-state index in [2.05, 4.69) is 39.1 Å². The molecule has 0 saturated carbocycles. The van der Waals surface area contributed by atoms with Gasteiger partial charge in [0.2, 0.25) is 0 Å². The van der Waals surface area contributed by atoms with Gasteiger partial charge in [-0.05, 0) is 63.6 Å². The minimum absolute atomic E-state index is 0.0276. The van der Waals surface area contributed by atoms with E-state index in [4.69, 9.17) is 9.47 Å². The molecule has 27 heavy (non-hydrogen) atoms. The van der Waals surface area contributed by atoms with Crippen LogP contribution >= 0.6 is 0 Å². The van der Waals surface area contributed by atoms with E-state index in [-0.39, 0.29) is 12.0 Å². The molecule has 1 aromatic carbocycles. The second-order valence-electron chi connectivity index (χ2n) is 8.07. The third-order valence-corrected chi connectivity index (χ3v) is 4.03. The van der Waals surface area contributed by atoms with Gasteiger partial charge in [0.1, 0.15) is 17.4 Å². The van der Waals surface area contributed by atoms with Gasteiger partial charge < -0.3 is 14.8 Å². The molecular formula is C22H34N2O3. The van der Waals surface area contributed by atoms with Crippen LogP contribution in [0.15, 0.2) is 18.2 Å². The maximum absolute atomic E-state index is 13.2. The summed E-state index contributed by atoms with van der Waals surface area (Å²) in [7, 11) is 0. The van der Waals surface area contributed by atoms with Gasteiger partial charge in [-0.1, -0.05) is 27.7 Å². The zero-order valence-corrected chi connectivity index (χ0v) is 17.8. The molecule has 5 nitrogen and oxygen atoms in total. The Morgan fingerprint density at radius 2 is 1.74 bits per heavy atom. The highest BCUT2D eigenvalue weighted by atomic mass is 16.5. The maximum atomic E-state index is 13.2. The van der Waals surface area contributed by atoms with Crippen molar-refractivity contribution in [1.82, 2.24) is 0 Å². The number of nitriles is 1. The molecule has 0 aliphatic heterocycles. The minimum atomic E-state index is -0.878. The summed E-state index contributed by atoms with van der Waals surface area (Å²) in [6.07, 6.45) is 1.26. The van der Waals surface area contributed by atoms with Crippen molar-refractivity contribution in [2.45, 2.75) is 73.0 Å². The number of benzene rings is 1. The van der Waals surface area contributed by atoms with E-state index < -0.39 is 5.60 Å². The predicted octanol–water partition coefficient (Wildman–Crippen LogP) is 5.15. The van der Waals surface area contributed by atoms with E-state index in [0.29, 0.717) is 48.3 Å². The predicted molar refractivity (Wildman–Crippen MR) is 109 cm³/mol. The Hall–Kier alpha value is -2.06. The monoisotopic (exact) mass is 374 g/mol. The SMILES string of the molecule is CCOC(CC(C)C)(CC(C)C)C(=O)Nc1ccc(OC(C)C)c(C#N)c1. The first-order valence-corrected chi connectivity index (χ1v) is 9.79. The minimum Gasteiger partial charge on any atom is -0.490 e. The molecule has 1 aromatic rings. The molecule has 0 saturated heterocycles. The number of hydrogen-bond acceptors (Lipinski definition) is 4. The van der Waals surface area contributed by atoms with Crippen LogP contribution in [0.2, 0.25) is 0 Å². The van der Waals surface area contributed by atoms with Crippen LogP contribution in [0, 0.1) is 23.2 Å². The molecular weight excluding hydrogens is 340 g/mol. The van der Waals surface area contributed by atoms with Crippen molar-refractivity contribution in [3.8, 4) is 11.8 Å². The molecule has 0 aliphatic rings. The van der Waals surface area contributed by atoms with Crippen molar-refractivity contribution in [3.63, 3.8) is 0 Å². The van der Waals surface area contributed by atoms with Crippen LogP contribution in [-0.2, 0) is 9.53 Å². The van der Waals surface area contributed by atoms with E-state index in [1.807, 2.05) is 20.8 Å². The molecule has 0 aliphatic carbocycles. The van der Waals surface area contributed by atoms with Gasteiger partial charge in [0, 0.05) is 12.3 Å². The normalized spacial score (nSPS) is 11.7. The lowest BCUT2D eigenvalue weighted by atomic mass is 9.83. The van der Waals surface area contributed by atoms with Gasteiger partial charge in [0.15, 0.2) is 0 Å². The first-order valence-electron chi connectivity index (χ1n) is 9.79. The topological polar surface area (TPSA) is 71.3 Å². The van der Waals surface area contributed by atoms with Gasteiger partial charge in [-0.2, -0.15) is 5.26 Å². The highest BCUT2D eigenvalue weighted by Crippen LogP contribution is 2.31. The smallest absolute Gasteiger partial charge is 0.256 e. The van der Waals surface area contributed by atoms with Crippen LogP contribution in [-0.4, -0.2) is 24.2 Å². The number of amides is 1. The first-order chi connectivity index (χ1) is 12.6. The largest absolute Gasteiger partial charge is 0.490 e. The van der Waals surface area contributed by atoms with Crippen LogP contribution in [0.4, 0.5) is 5.69 Å². The molecule has 1 N–H and O–H groups in total. The molecule has 0 heterocycles. The van der Waals surface area contributed by atoms with E-state index in [1.165, 1.54) is 0 Å². The average molecular weight is 375 g/mol. The van der Waals surface area contributed by atoms with Crippen molar-refractivity contribution in [3.05, 3.63) is 23.8 Å². The van der Waals surface area contributed by atoms with Crippen LogP contribution < -0.4 is 10.1 Å². The third kappa shape index (κ3) is 6.88. The summed E-state index contributed by atoms with van der Waals surface area (Å²) in [4.78, 5) is 13.2. The molecule has 0 spiro atoms. The fourth-order valence-electron chi connectivity index (χ4n) is 3.34. The molecule has 0 radical (unpaired) electrons. The van der Waals surface area contributed by atoms with Crippen molar-refractivity contribution >= 4 is 11.6 Å². The molecule has 0 unspecified atom stereocenters. The van der Waals surface area contributed by atoms with Gasteiger partial charge in [-0.15, -0.1) is 0 Å². The summed E-state index contributed by atoms with van der Waals surface area (Å²) in [6, 6.07) is 7.27. The standard InChI is InChI=1S/C22H34N2O3/c1-8-26-22(12-15(2)3,13-16(4)5)21(25)24-19-9-10-20(27-17(6)7)18(11-19)14-23/h9-11,15-17H,8,12-13H2,1-7H3,(H,24,25). The molecule has 5 heteroatoms. The van der Waals surface area contributed by atoms with Crippen LogP contribution in [0.1, 0.15) is 66.9 Å². The number of nitrogens with one attached hydrogen (secondary N) is 1. The molecule has 150 valence electrons. The first kappa shape index (κ1) is 23.0. The molecule has 1 amide bonds. The van der Waals surface area contributed by atoms with E-state index >= 15 is 0 Å². The Kier molecular flexibility index (Phi) is 8.78. The summed E-state index contributed by atoms with van der Waals surface area (Å²) >= 11 is 0. The Balaban J connectivity index is 3.15. The second kappa shape index (κ2) is 10.3. The Morgan fingerprint density at radius 3 is 2.19 bits per heavy atom. The van der Waals surface area contributed by atoms with E-state index in [1.54, 1.807) is 18.2 Å². The van der Waals surface area contributed by atoms with Crippen molar-refractivity contribution < 1.29 is 14.3 Å². The summed E-state index contributed by atoms with van der Waals surface area (Å²) in [6.45, 7) is 14.6. The summed E-state index contributed by atoms with van der Waals surface area (Å²) in [5.41, 5.74) is 0.0947. The quantitative estimate of drug-likeness (QED) is 0.614. The number of carbonyl (C=O) groups excluding carboxylic acids is 1. The van der Waals surface area contributed by atoms with Gasteiger partial charge in [0.05, 0.1) is 11.7 Å². The lowest BCUT2D eigenvalue weighted by molar-refractivity contribution is -0.146. The lowest BCUT2D eigenvalue weighted by Gasteiger charge is -2.35. The van der Waals surface area contributed by atoms with E-state index in [0.717, 1.165) is 0 Å². The van der Waals surface area contributed by atoms with Crippen LogP contribution in [0.3, 0.4) is 0 Å². The number of ether oxygens (including phenoxy) is 2. The van der Waals surface area contributed by atoms with Crippen molar-refractivity contribution in [1.29, 1.82) is 5.26 Å². The zero-order chi connectivity index (χ0) is 20.6. The van der Waals surface area contributed by atoms with Gasteiger partial charge >= 0.3 is 0 Å². The Labute approximate surface area is 164 Å².